The second kappa shape index (κ2) is 35.8. The van der Waals surface area contributed by atoms with Crippen LogP contribution in [0.4, 0.5) is 0 Å². The molecule has 0 amide bonds. The fourth-order valence-electron chi connectivity index (χ4n) is 6.20. The van der Waals surface area contributed by atoms with Gasteiger partial charge >= 0.3 is 17.9 Å². The molecule has 8 nitrogen and oxygen atoms in total. The van der Waals surface area contributed by atoms with Crippen LogP contribution >= 0.6 is 0 Å². The first-order valence-electron chi connectivity index (χ1n) is 21.4. The fourth-order valence-corrected chi connectivity index (χ4v) is 6.20. The van der Waals surface area contributed by atoms with Crippen LogP contribution in [0.15, 0.2) is 24.3 Å². The monoisotopic (exact) mass is 737 g/mol. The van der Waals surface area contributed by atoms with Crippen molar-refractivity contribution in [3.63, 3.8) is 0 Å². The Labute approximate surface area is 320 Å². The molecule has 0 aromatic carbocycles. The van der Waals surface area contributed by atoms with Crippen LogP contribution in [-0.2, 0) is 28.6 Å². The van der Waals surface area contributed by atoms with Gasteiger partial charge < -0.3 is 23.8 Å². The normalized spacial score (nSPS) is 13.2. The van der Waals surface area contributed by atoms with Gasteiger partial charge in [-0.2, -0.15) is 0 Å². The number of rotatable bonds is 38. The number of unbranched alkanes of at least 4 members (excludes halogenated alkanes) is 20. The van der Waals surface area contributed by atoms with E-state index >= 15 is 0 Å². The van der Waals surface area contributed by atoms with E-state index in [-0.39, 0.29) is 36.2 Å². The summed E-state index contributed by atoms with van der Waals surface area (Å²) in [6, 6.07) is -0.614. The van der Waals surface area contributed by atoms with Gasteiger partial charge in [-0.1, -0.05) is 128 Å². The van der Waals surface area contributed by atoms with Crippen LogP contribution in [0.2, 0.25) is 0 Å². The SMILES string of the molecule is CCCCCCC/C=C\CCCCCCCC(=O)OCC(COCCC(C(=O)O)[N+](C)(C)C)OC(=O)CCCCCCC/C=C\CCCCCCC. The average Bonchev–Trinajstić information content (AvgIpc) is 3.09. The lowest BCUT2D eigenvalue weighted by Gasteiger charge is -2.31. The minimum Gasteiger partial charge on any atom is -0.477 e. The number of allylic oxidation sites excluding steroid dienone is 4. The number of carbonyl (C=O) groups is 3. The summed E-state index contributed by atoms with van der Waals surface area (Å²) >= 11 is 0. The third kappa shape index (κ3) is 33.6. The van der Waals surface area contributed by atoms with Gasteiger partial charge in [0, 0.05) is 19.3 Å². The molecule has 0 aliphatic heterocycles. The van der Waals surface area contributed by atoms with Gasteiger partial charge in [0.25, 0.3) is 0 Å². The van der Waals surface area contributed by atoms with Gasteiger partial charge in [0.1, 0.15) is 6.61 Å². The van der Waals surface area contributed by atoms with Gasteiger partial charge in [0.05, 0.1) is 34.4 Å². The van der Waals surface area contributed by atoms with E-state index in [0.717, 1.165) is 57.8 Å². The molecule has 304 valence electrons. The molecule has 2 atom stereocenters. The maximum absolute atomic E-state index is 12.7. The third-order valence-corrected chi connectivity index (χ3v) is 9.57. The van der Waals surface area contributed by atoms with Crippen molar-refractivity contribution in [3.05, 3.63) is 24.3 Å². The van der Waals surface area contributed by atoms with E-state index < -0.39 is 18.1 Å². The van der Waals surface area contributed by atoms with E-state index in [2.05, 4.69) is 38.2 Å². The summed E-state index contributed by atoms with van der Waals surface area (Å²) in [5.41, 5.74) is 0. The molecule has 0 bridgehead atoms. The first-order valence-corrected chi connectivity index (χ1v) is 21.4. The number of likely N-dealkylation sites (N-methyl/N-ethyl adjacent to an activating group) is 1. The Morgan fingerprint density at radius 3 is 1.38 bits per heavy atom. The quantitative estimate of drug-likeness (QED) is 0.0291. The van der Waals surface area contributed by atoms with Crippen molar-refractivity contribution in [3.8, 4) is 0 Å². The van der Waals surface area contributed by atoms with Gasteiger partial charge in [0.2, 0.25) is 0 Å². The van der Waals surface area contributed by atoms with Gasteiger partial charge in [-0.15, -0.1) is 0 Å². The summed E-state index contributed by atoms with van der Waals surface area (Å²) in [5, 5.41) is 9.60. The highest BCUT2D eigenvalue weighted by Gasteiger charge is 2.31. The summed E-state index contributed by atoms with van der Waals surface area (Å²) in [5.74, 6) is -1.48. The predicted molar refractivity (Wildman–Crippen MR) is 215 cm³/mol. The molecule has 0 spiro atoms. The van der Waals surface area contributed by atoms with Crippen LogP contribution in [0.25, 0.3) is 0 Å². The third-order valence-electron chi connectivity index (χ3n) is 9.57. The Bertz CT molecular complexity index is 911. The molecule has 2 unspecified atom stereocenters. The zero-order valence-electron chi connectivity index (χ0n) is 34.5. The van der Waals surface area contributed by atoms with Crippen molar-refractivity contribution >= 4 is 17.9 Å². The van der Waals surface area contributed by atoms with Crippen LogP contribution in [-0.4, -0.2) is 80.6 Å². The van der Waals surface area contributed by atoms with Crippen LogP contribution in [0.3, 0.4) is 0 Å². The summed E-state index contributed by atoms with van der Waals surface area (Å²) in [7, 11) is 5.52. The standard InChI is InChI=1S/C44H81NO7/c1-6-8-10-12-14-16-18-20-22-24-26-28-30-32-34-42(46)51-39-40(38-50-37-36-41(44(48)49)45(3,4)5)52-43(47)35-33-31-29-27-25-23-21-19-17-15-13-11-9-7-2/h18-21,40-41H,6-17,22-39H2,1-5H3/p+1/b20-18-,21-19-. The number of hydrogen-bond donors (Lipinski definition) is 1. The molecule has 0 heterocycles. The lowest BCUT2D eigenvalue weighted by atomic mass is 10.1. The van der Waals surface area contributed by atoms with Crippen LogP contribution < -0.4 is 0 Å². The van der Waals surface area contributed by atoms with Gasteiger partial charge in [-0.05, 0) is 64.2 Å². The summed E-state index contributed by atoms with van der Waals surface area (Å²) in [6.45, 7) is 4.70. The predicted octanol–water partition coefficient (Wildman–Crippen LogP) is 11.3. The van der Waals surface area contributed by atoms with Crippen LogP contribution in [0, 0.1) is 0 Å². The minimum absolute atomic E-state index is 0.0561. The zero-order chi connectivity index (χ0) is 38.5. The van der Waals surface area contributed by atoms with Crippen molar-refractivity contribution < 1.29 is 38.2 Å². The molecule has 0 aliphatic carbocycles. The van der Waals surface area contributed by atoms with Gasteiger partial charge in [-0.25, -0.2) is 4.79 Å². The van der Waals surface area contributed by atoms with Crippen molar-refractivity contribution in [2.45, 2.75) is 199 Å². The number of hydrogen-bond acceptors (Lipinski definition) is 6. The Morgan fingerprint density at radius 1 is 0.558 bits per heavy atom. The first-order chi connectivity index (χ1) is 25.1. The molecular weight excluding hydrogens is 654 g/mol. The Balaban J connectivity index is 4.39. The first kappa shape index (κ1) is 49.8. The highest BCUT2D eigenvalue weighted by atomic mass is 16.6. The highest BCUT2D eigenvalue weighted by molar-refractivity contribution is 5.72. The van der Waals surface area contributed by atoms with Gasteiger partial charge in [-0.3, -0.25) is 9.59 Å². The maximum atomic E-state index is 12.7. The number of carboxylic acid groups (broad SMARTS) is 1. The number of esters is 2. The smallest absolute Gasteiger partial charge is 0.362 e. The molecule has 0 saturated heterocycles. The number of aliphatic carboxylic acids is 1. The molecule has 0 aliphatic rings. The van der Waals surface area contributed by atoms with Crippen LogP contribution in [0.1, 0.15) is 187 Å². The lowest BCUT2D eigenvalue weighted by Crippen LogP contribution is -2.50. The van der Waals surface area contributed by atoms with E-state index in [1.807, 2.05) is 21.1 Å². The van der Waals surface area contributed by atoms with Crippen molar-refractivity contribution in [2.24, 2.45) is 0 Å². The van der Waals surface area contributed by atoms with E-state index in [1.165, 1.54) is 96.3 Å². The van der Waals surface area contributed by atoms with E-state index in [0.29, 0.717) is 19.3 Å². The molecule has 8 heteroatoms. The topological polar surface area (TPSA) is 99.1 Å². The molecular formula is C44H82NO7+. The molecule has 52 heavy (non-hydrogen) atoms. The maximum Gasteiger partial charge on any atom is 0.362 e. The van der Waals surface area contributed by atoms with E-state index in [9.17, 15) is 19.5 Å². The van der Waals surface area contributed by atoms with E-state index in [1.54, 1.807) is 0 Å². The number of quaternary nitrogens is 1. The number of carbonyl (C=O) groups excluding carboxylic acids is 2. The zero-order valence-corrected chi connectivity index (χ0v) is 34.5. The Hall–Kier alpha value is -2.19. The van der Waals surface area contributed by atoms with Crippen molar-refractivity contribution in [1.29, 1.82) is 0 Å². The van der Waals surface area contributed by atoms with Gasteiger partial charge in [0.15, 0.2) is 12.1 Å². The second-order valence-electron chi connectivity index (χ2n) is 15.6. The fraction of sp³-hybridized carbons (Fsp3) is 0.841. The summed E-state index contributed by atoms with van der Waals surface area (Å²) in [4.78, 5) is 36.9. The molecule has 0 aromatic heterocycles. The lowest BCUT2D eigenvalue weighted by molar-refractivity contribution is -0.887. The summed E-state index contributed by atoms with van der Waals surface area (Å²) < 4.78 is 17.2. The average molecular weight is 737 g/mol. The van der Waals surface area contributed by atoms with Crippen LogP contribution in [0.5, 0.6) is 0 Å². The van der Waals surface area contributed by atoms with E-state index in [4.69, 9.17) is 14.2 Å². The van der Waals surface area contributed by atoms with Crippen molar-refractivity contribution in [1.82, 2.24) is 0 Å². The number of carboxylic acids is 1. The number of ether oxygens (including phenoxy) is 3. The molecule has 0 radical (unpaired) electrons. The summed E-state index contributed by atoms with van der Waals surface area (Å²) in [6.07, 6.45) is 37.8. The Morgan fingerprint density at radius 2 is 0.962 bits per heavy atom. The number of nitrogens with zero attached hydrogens (tertiary/aromatic N) is 1. The molecule has 0 saturated carbocycles. The molecule has 0 aromatic rings. The Kier molecular flexibility index (Phi) is 34.3. The molecule has 0 fully saturated rings. The second-order valence-corrected chi connectivity index (χ2v) is 15.6. The van der Waals surface area contributed by atoms with Crippen molar-refractivity contribution in [2.75, 3.05) is 41.0 Å². The molecule has 0 rings (SSSR count). The minimum atomic E-state index is -0.877. The highest BCUT2D eigenvalue weighted by Crippen LogP contribution is 2.13. The largest absolute Gasteiger partial charge is 0.477 e. The molecule has 1 N–H and O–H groups in total.